The third-order valence-corrected chi connectivity index (χ3v) is 6.07. The number of carbonyl (C=O) groups is 1. The van der Waals surface area contributed by atoms with E-state index in [9.17, 15) is 14.0 Å². The molecule has 0 bridgehead atoms. The van der Waals surface area contributed by atoms with E-state index in [2.05, 4.69) is 31.9 Å². The normalized spacial score (nSPS) is 16.3. The Bertz CT molecular complexity index is 1200. The Kier molecular flexibility index (Phi) is 6.71. The number of H-pyrrole nitrogens is 1. The van der Waals surface area contributed by atoms with Crippen LogP contribution in [0.1, 0.15) is 22.3 Å². The van der Waals surface area contributed by atoms with Crippen molar-refractivity contribution < 1.29 is 14.3 Å². The first-order valence-electron chi connectivity index (χ1n) is 11.0. The molecule has 33 heavy (non-hydrogen) atoms. The van der Waals surface area contributed by atoms with Crippen molar-refractivity contribution in [3.63, 3.8) is 0 Å². The highest BCUT2D eigenvalue weighted by Gasteiger charge is 2.30. The fraction of sp³-hybridized carbons (Fsp3) is 0.375. The van der Waals surface area contributed by atoms with Crippen LogP contribution in [0.3, 0.4) is 0 Å². The molecular formula is C24H28FN5O3. The molecule has 1 fully saturated rings. The van der Waals surface area contributed by atoms with E-state index < -0.39 is 22.8 Å². The number of aromatic carboxylic acids is 1. The number of anilines is 1. The molecule has 1 aliphatic rings. The van der Waals surface area contributed by atoms with Crippen LogP contribution in [-0.2, 0) is 6.54 Å². The van der Waals surface area contributed by atoms with Crippen LogP contribution in [0.25, 0.3) is 11.0 Å². The van der Waals surface area contributed by atoms with Gasteiger partial charge in [0.2, 0.25) is 5.43 Å². The van der Waals surface area contributed by atoms with Gasteiger partial charge in [0.05, 0.1) is 5.39 Å². The van der Waals surface area contributed by atoms with Gasteiger partial charge >= 0.3 is 5.97 Å². The van der Waals surface area contributed by atoms with Crippen molar-refractivity contribution >= 4 is 22.8 Å². The highest BCUT2D eigenvalue weighted by atomic mass is 19.1. The van der Waals surface area contributed by atoms with Gasteiger partial charge < -0.3 is 19.9 Å². The van der Waals surface area contributed by atoms with Crippen molar-refractivity contribution in [2.45, 2.75) is 19.0 Å². The maximum Gasteiger partial charge on any atom is 0.341 e. The smallest absolute Gasteiger partial charge is 0.341 e. The molecule has 0 radical (unpaired) electrons. The summed E-state index contributed by atoms with van der Waals surface area (Å²) in [7, 11) is 4.10. The molecule has 1 unspecified atom stereocenters. The highest BCUT2D eigenvalue weighted by molar-refractivity contribution is 5.91. The van der Waals surface area contributed by atoms with E-state index in [-0.39, 0.29) is 22.9 Å². The SMILES string of the molecule is CN(C)CCN(Cc1ccccc1)C1CCN(c2nc3[nH]cc(C(=O)O)c(=O)c3cc2F)C1. The van der Waals surface area contributed by atoms with Gasteiger partial charge in [-0.2, -0.15) is 0 Å². The summed E-state index contributed by atoms with van der Waals surface area (Å²) in [5, 5.41) is 9.07. The maximum atomic E-state index is 15.0. The Labute approximate surface area is 191 Å². The molecule has 174 valence electrons. The fourth-order valence-electron chi connectivity index (χ4n) is 4.26. The first-order chi connectivity index (χ1) is 15.8. The number of nitrogens with zero attached hydrogens (tertiary/aromatic N) is 4. The zero-order valence-electron chi connectivity index (χ0n) is 18.8. The number of carboxylic acids is 1. The zero-order valence-corrected chi connectivity index (χ0v) is 18.8. The lowest BCUT2D eigenvalue weighted by Crippen LogP contribution is -2.41. The molecule has 0 amide bonds. The number of benzene rings is 1. The molecule has 4 rings (SSSR count). The molecule has 9 heteroatoms. The lowest BCUT2D eigenvalue weighted by Gasteiger charge is -2.30. The molecular weight excluding hydrogens is 425 g/mol. The standard InChI is InChI=1S/C24H28FN5O3/c1-28(2)10-11-29(14-16-6-4-3-5-7-16)17-8-9-30(15-17)23-20(25)12-18-21(31)19(24(32)33)13-26-22(18)27-23/h3-7,12-13,17H,8-11,14-15H2,1-2H3,(H,32,33)(H,26,27,31). The number of pyridine rings is 2. The predicted octanol–water partition coefficient (Wildman–Crippen LogP) is 2.40. The summed E-state index contributed by atoms with van der Waals surface area (Å²) >= 11 is 0. The lowest BCUT2D eigenvalue weighted by atomic mass is 10.1. The molecule has 0 saturated carbocycles. The minimum atomic E-state index is -1.36. The third-order valence-electron chi connectivity index (χ3n) is 6.07. The summed E-state index contributed by atoms with van der Waals surface area (Å²) in [6.07, 6.45) is 1.98. The summed E-state index contributed by atoms with van der Waals surface area (Å²) in [6.45, 7) is 3.88. The number of aromatic nitrogens is 2. The number of hydrogen-bond donors (Lipinski definition) is 2. The second-order valence-corrected chi connectivity index (χ2v) is 8.67. The lowest BCUT2D eigenvalue weighted by molar-refractivity contribution is 0.0695. The van der Waals surface area contributed by atoms with Crippen molar-refractivity contribution in [1.29, 1.82) is 0 Å². The van der Waals surface area contributed by atoms with Crippen LogP contribution in [0.2, 0.25) is 0 Å². The molecule has 1 aromatic carbocycles. The van der Waals surface area contributed by atoms with Gasteiger partial charge in [0.15, 0.2) is 11.6 Å². The van der Waals surface area contributed by atoms with Crippen LogP contribution in [0.15, 0.2) is 47.4 Å². The van der Waals surface area contributed by atoms with E-state index in [0.29, 0.717) is 13.1 Å². The van der Waals surface area contributed by atoms with Crippen molar-refractivity contribution in [1.82, 2.24) is 19.8 Å². The van der Waals surface area contributed by atoms with Crippen molar-refractivity contribution in [3.05, 3.63) is 69.8 Å². The average molecular weight is 454 g/mol. The highest BCUT2D eigenvalue weighted by Crippen LogP contribution is 2.26. The first-order valence-corrected chi connectivity index (χ1v) is 11.0. The molecule has 3 aromatic rings. The second kappa shape index (κ2) is 9.68. The van der Waals surface area contributed by atoms with Crippen molar-refractivity contribution in [3.8, 4) is 0 Å². The van der Waals surface area contributed by atoms with E-state index in [1.165, 1.54) is 5.56 Å². The minimum absolute atomic E-state index is 0.0661. The fourth-order valence-corrected chi connectivity index (χ4v) is 4.26. The Morgan fingerprint density at radius 3 is 2.73 bits per heavy atom. The average Bonchev–Trinajstić information content (AvgIpc) is 3.27. The zero-order chi connectivity index (χ0) is 23.5. The van der Waals surface area contributed by atoms with Crippen LogP contribution in [0.4, 0.5) is 10.2 Å². The van der Waals surface area contributed by atoms with Gasteiger partial charge in [0.1, 0.15) is 11.2 Å². The van der Waals surface area contributed by atoms with Gasteiger partial charge in [0, 0.05) is 45.0 Å². The molecule has 2 aromatic heterocycles. The van der Waals surface area contributed by atoms with E-state index >= 15 is 0 Å². The minimum Gasteiger partial charge on any atom is -0.477 e. The van der Waals surface area contributed by atoms with Gasteiger partial charge in [0.25, 0.3) is 0 Å². The largest absolute Gasteiger partial charge is 0.477 e. The molecule has 3 heterocycles. The number of rotatable bonds is 8. The van der Waals surface area contributed by atoms with E-state index in [4.69, 9.17) is 5.11 Å². The molecule has 0 spiro atoms. The number of nitrogens with one attached hydrogen (secondary N) is 1. The third kappa shape index (κ3) is 5.04. The van der Waals surface area contributed by atoms with E-state index in [1.807, 2.05) is 37.2 Å². The summed E-state index contributed by atoms with van der Waals surface area (Å²) in [5.74, 6) is -1.81. The number of aromatic amines is 1. The molecule has 1 aliphatic heterocycles. The van der Waals surface area contributed by atoms with E-state index in [0.717, 1.165) is 38.3 Å². The number of carboxylic acid groups (broad SMARTS) is 1. The molecule has 1 saturated heterocycles. The Morgan fingerprint density at radius 2 is 2.03 bits per heavy atom. The first kappa shape index (κ1) is 22.9. The number of fused-ring (bicyclic) bond motifs is 1. The van der Waals surface area contributed by atoms with Gasteiger partial charge in [-0.1, -0.05) is 30.3 Å². The maximum absolute atomic E-state index is 15.0. The molecule has 8 nitrogen and oxygen atoms in total. The van der Waals surface area contributed by atoms with Crippen LogP contribution in [-0.4, -0.2) is 77.2 Å². The Balaban J connectivity index is 1.57. The summed E-state index contributed by atoms with van der Waals surface area (Å²) < 4.78 is 15.0. The van der Waals surface area contributed by atoms with Crippen LogP contribution < -0.4 is 10.3 Å². The summed E-state index contributed by atoms with van der Waals surface area (Å²) in [4.78, 5) is 37.1. The quantitative estimate of drug-likeness (QED) is 0.541. The molecule has 2 N–H and O–H groups in total. The van der Waals surface area contributed by atoms with Crippen LogP contribution in [0.5, 0.6) is 0 Å². The van der Waals surface area contributed by atoms with Crippen LogP contribution >= 0.6 is 0 Å². The number of likely N-dealkylation sites (N-methyl/N-ethyl adjacent to an activating group) is 1. The van der Waals surface area contributed by atoms with Gasteiger partial charge in [-0.3, -0.25) is 9.69 Å². The monoisotopic (exact) mass is 453 g/mol. The topological polar surface area (TPSA) is 92.8 Å². The number of hydrogen-bond acceptors (Lipinski definition) is 6. The molecule has 1 atom stereocenters. The number of halogens is 1. The van der Waals surface area contributed by atoms with Gasteiger partial charge in [-0.25, -0.2) is 14.2 Å². The second-order valence-electron chi connectivity index (χ2n) is 8.67. The van der Waals surface area contributed by atoms with Crippen molar-refractivity contribution in [2.75, 3.05) is 45.2 Å². The summed E-state index contributed by atoms with van der Waals surface area (Å²) in [5.41, 5.74) is 0.233. The van der Waals surface area contributed by atoms with Crippen molar-refractivity contribution in [2.24, 2.45) is 0 Å². The van der Waals surface area contributed by atoms with E-state index in [1.54, 1.807) is 0 Å². The van der Waals surface area contributed by atoms with Gasteiger partial charge in [-0.05, 0) is 32.1 Å². The van der Waals surface area contributed by atoms with Gasteiger partial charge in [-0.15, -0.1) is 0 Å². The predicted molar refractivity (Wildman–Crippen MR) is 125 cm³/mol. The summed E-state index contributed by atoms with van der Waals surface area (Å²) in [6, 6.07) is 11.6. The Hall–Kier alpha value is -3.30. The Morgan fingerprint density at radius 1 is 1.27 bits per heavy atom. The van der Waals surface area contributed by atoms with Crippen LogP contribution in [0, 0.1) is 5.82 Å². The molecule has 0 aliphatic carbocycles.